The van der Waals surface area contributed by atoms with Crippen LogP contribution in [0.4, 0.5) is 0 Å². The van der Waals surface area contributed by atoms with E-state index >= 15 is 0 Å². The molecule has 0 saturated heterocycles. The van der Waals surface area contributed by atoms with Gasteiger partial charge >= 0.3 is 0 Å². The van der Waals surface area contributed by atoms with Crippen LogP contribution in [0.1, 0.15) is 16.8 Å². The summed E-state index contributed by atoms with van der Waals surface area (Å²) in [4.78, 5) is 12.2. The van der Waals surface area contributed by atoms with Gasteiger partial charge in [-0.15, -0.1) is 0 Å². The van der Waals surface area contributed by atoms with Crippen molar-refractivity contribution in [2.24, 2.45) is 0 Å². The van der Waals surface area contributed by atoms with Crippen LogP contribution in [0.15, 0.2) is 59.5 Å². The highest BCUT2D eigenvalue weighted by atomic mass is 32.2. The number of hydrogen-bond donors (Lipinski definition) is 1. The Morgan fingerprint density at radius 3 is 2.28 bits per heavy atom. The van der Waals surface area contributed by atoms with Crippen molar-refractivity contribution in [1.29, 1.82) is 0 Å². The average molecular weight is 362 g/mol. The molecule has 2 aromatic rings. The number of nitrogens with zero attached hydrogens (tertiary/aromatic N) is 1. The van der Waals surface area contributed by atoms with Crippen molar-refractivity contribution in [2.75, 3.05) is 27.2 Å². The van der Waals surface area contributed by atoms with Crippen molar-refractivity contribution >= 4 is 15.9 Å². The van der Waals surface area contributed by atoms with Crippen LogP contribution >= 0.6 is 0 Å². The molecular formula is C18H22N2O4S. The molecule has 0 fully saturated rings. The van der Waals surface area contributed by atoms with Gasteiger partial charge in [0.1, 0.15) is 5.75 Å². The van der Waals surface area contributed by atoms with Crippen LogP contribution in [0.3, 0.4) is 0 Å². The zero-order valence-electron chi connectivity index (χ0n) is 14.3. The minimum Gasteiger partial charge on any atom is -0.494 e. The minimum absolute atomic E-state index is 0.158. The molecule has 2 aromatic carbocycles. The molecule has 0 aliphatic heterocycles. The number of para-hydroxylation sites is 1. The van der Waals surface area contributed by atoms with Crippen molar-refractivity contribution in [1.82, 2.24) is 9.62 Å². The zero-order chi connectivity index (χ0) is 18.3. The smallest absolute Gasteiger partial charge is 0.251 e. The number of amides is 1. The molecule has 0 aromatic heterocycles. The van der Waals surface area contributed by atoms with Crippen molar-refractivity contribution in [2.45, 2.75) is 11.3 Å². The van der Waals surface area contributed by atoms with E-state index in [1.165, 1.54) is 38.4 Å². The average Bonchev–Trinajstić information content (AvgIpc) is 2.62. The normalized spacial score (nSPS) is 11.3. The van der Waals surface area contributed by atoms with Gasteiger partial charge in [0.15, 0.2) is 0 Å². The van der Waals surface area contributed by atoms with Crippen molar-refractivity contribution < 1.29 is 17.9 Å². The van der Waals surface area contributed by atoms with Gasteiger partial charge < -0.3 is 10.1 Å². The maximum Gasteiger partial charge on any atom is 0.251 e. The molecule has 1 N–H and O–H groups in total. The monoisotopic (exact) mass is 362 g/mol. The van der Waals surface area contributed by atoms with Gasteiger partial charge in [0.05, 0.1) is 11.5 Å². The van der Waals surface area contributed by atoms with Crippen LogP contribution in [0.5, 0.6) is 5.75 Å². The van der Waals surface area contributed by atoms with E-state index in [4.69, 9.17) is 4.74 Å². The van der Waals surface area contributed by atoms with Crippen LogP contribution in [0, 0.1) is 0 Å². The Morgan fingerprint density at radius 1 is 1.04 bits per heavy atom. The van der Waals surface area contributed by atoms with Crippen molar-refractivity contribution in [3.8, 4) is 5.75 Å². The lowest BCUT2D eigenvalue weighted by atomic mass is 10.2. The van der Waals surface area contributed by atoms with E-state index in [1.807, 2.05) is 30.3 Å². The van der Waals surface area contributed by atoms with Crippen LogP contribution < -0.4 is 10.1 Å². The van der Waals surface area contributed by atoms with E-state index in [-0.39, 0.29) is 10.8 Å². The van der Waals surface area contributed by atoms with Gasteiger partial charge in [-0.3, -0.25) is 4.79 Å². The Hall–Kier alpha value is -2.38. The predicted molar refractivity (Wildman–Crippen MR) is 96.2 cm³/mol. The number of sulfonamides is 1. The topological polar surface area (TPSA) is 75.7 Å². The molecule has 0 aliphatic carbocycles. The highest BCUT2D eigenvalue weighted by Gasteiger charge is 2.17. The molecule has 0 saturated carbocycles. The van der Waals surface area contributed by atoms with E-state index in [9.17, 15) is 13.2 Å². The second-order valence-corrected chi connectivity index (χ2v) is 7.73. The van der Waals surface area contributed by atoms with Crippen LogP contribution in [0.25, 0.3) is 0 Å². The largest absolute Gasteiger partial charge is 0.494 e. The van der Waals surface area contributed by atoms with E-state index in [0.29, 0.717) is 25.1 Å². The first-order valence-electron chi connectivity index (χ1n) is 7.90. The first kappa shape index (κ1) is 19.0. The fraction of sp³-hybridized carbons (Fsp3) is 0.278. The summed E-state index contributed by atoms with van der Waals surface area (Å²) >= 11 is 0. The van der Waals surface area contributed by atoms with Crippen LogP contribution in [-0.2, 0) is 10.0 Å². The molecule has 2 rings (SSSR count). The van der Waals surface area contributed by atoms with Gasteiger partial charge in [0, 0.05) is 26.2 Å². The molecule has 0 spiro atoms. The van der Waals surface area contributed by atoms with Gasteiger partial charge in [0.25, 0.3) is 5.91 Å². The van der Waals surface area contributed by atoms with Gasteiger partial charge in [-0.05, 0) is 42.8 Å². The molecule has 0 unspecified atom stereocenters. The zero-order valence-corrected chi connectivity index (χ0v) is 15.1. The molecule has 0 aliphatic rings. The molecule has 0 atom stereocenters. The number of carbonyl (C=O) groups excluding carboxylic acids is 1. The second kappa shape index (κ2) is 8.64. The summed E-state index contributed by atoms with van der Waals surface area (Å²) < 4.78 is 30.7. The summed E-state index contributed by atoms with van der Waals surface area (Å²) in [6, 6.07) is 15.4. The summed E-state index contributed by atoms with van der Waals surface area (Å²) in [6.45, 7) is 0.980. The maximum absolute atomic E-state index is 12.1. The summed E-state index contributed by atoms with van der Waals surface area (Å²) in [7, 11) is -0.553. The molecule has 6 nitrogen and oxygen atoms in total. The third kappa shape index (κ3) is 5.30. The van der Waals surface area contributed by atoms with Gasteiger partial charge in [0.2, 0.25) is 10.0 Å². The van der Waals surface area contributed by atoms with Gasteiger partial charge in [-0.1, -0.05) is 18.2 Å². The standard InChI is InChI=1S/C18H22N2O4S/c1-20(2)25(22,23)17-11-9-15(10-12-17)18(21)19-13-6-14-24-16-7-4-3-5-8-16/h3-5,7-12H,6,13-14H2,1-2H3,(H,19,21). The van der Waals surface area contributed by atoms with Gasteiger partial charge in [-0.25, -0.2) is 12.7 Å². The number of benzene rings is 2. The number of nitrogens with one attached hydrogen (secondary N) is 1. The fourth-order valence-corrected chi connectivity index (χ4v) is 2.97. The van der Waals surface area contributed by atoms with E-state index < -0.39 is 10.0 Å². The third-order valence-corrected chi connectivity index (χ3v) is 5.34. The highest BCUT2D eigenvalue weighted by molar-refractivity contribution is 7.89. The van der Waals surface area contributed by atoms with Crippen LogP contribution in [0.2, 0.25) is 0 Å². The summed E-state index contributed by atoms with van der Waals surface area (Å²) in [5, 5.41) is 2.79. The molecule has 1 amide bonds. The maximum atomic E-state index is 12.1. The molecule has 0 bridgehead atoms. The lowest BCUT2D eigenvalue weighted by Gasteiger charge is -2.11. The summed E-state index contributed by atoms with van der Waals surface area (Å²) in [5.74, 6) is 0.556. The lowest BCUT2D eigenvalue weighted by Crippen LogP contribution is -2.26. The van der Waals surface area contributed by atoms with Crippen LogP contribution in [-0.4, -0.2) is 45.9 Å². The quantitative estimate of drug-likeness (QED) is 0.730. The Labute approximate surface area is 148 Å². The lowest BCUT2D eigenvalue weighted by molar-refractivity contribution is 0.0951. The summed E-state index contributed by atoms with van der Waals surface area (Å²) in [6.07, 6.45) is 0.674. The van der Waals surface area contributed by atoms with E-state index in [0.717, 1.165) is 10.1 Å². The highest BCUT2D eigenvalue weighted by Crippen LogP contribution is 2.14. The fourth-order valence-electron chi connectivity index (χ4n) is 2.07. The molecular weight excluding hydrogens is 340 g/mol. The first-order chi connectivity index (χ1) is 11.9. The Bertz CT molecular complexity index is 788. The Morgan fingerprint density at radius 2 is 1.68 bits per heavy atom. The van der Waals surface area contributed by atoms with Crippen molar-refractivity contribution in [3.63, 3.8) is 0 Å². The molecule has 134 valence electrons. The molecule has 25 heavy (non-hydrogen) atoms. The van der Waals surface area contributed by atoms with E-state index in [1.54, 1.807) is 0 Å². The summed E-state index contributed by atoms with van der Waals surface area (Å²) in [5.41, 5.74) is 0.418. The Balaban J connectivity index is 1.79. The number of hydrogen-bond acceptors (Lipinski definition) is 4. The third-order valence-electron chi connectivity index (χ3n) is 3.51. The molecule has 7 heteroatoms. The van der Waals surface area contributed by atoms with Crippen molar-refractivity contribution in [3.05, 3.63) is 60.2 Å². The molecule has 0 radical (unpaired) electrons. The van der Waals surface area contributed by atoms with Gasteiger partial charge in [-0.2, -0.15) is 0 Å². The number of rotatable bonds is 8. The van der Waals surface area contributed by atoms with E-state index in [2.05, 4.69) is 5.32 Å². The SMILES string of the molecule is CN(C)S(=O)(=O)c1ccc(C(=O)NCCCOc2ccccc2)cc1. The molecule has 0 heterocycles. The number of ether oxygens (including phenoxy) is 1. The predicted octanol–water partition coefficient (Wildman–Crippen LogP) is 2.14. The minimum atomic E-state index is -3.48. The number of carbonyl (C=O) groups is 1. The Kier molecular flexibility index (Phi) is 6.55. The first-order valence-corrected chi connectivity index (χ1v) is 9.34. The second-order valence-electron chi connectivity index (χ2n) is 5.58.